The van der Waals surface area contributed by atoms with E-state index in [1.807, 2.05) is 0 Å². The minimum Gasteiger partial charge on any atom is -0.452 e. The van der Waals surface area contributed by atoms with Crippen molar-refractivity contribution in [2.75, 3.05) is 11.9 Å². The van der Waals surface area contributed by atoms with Crippen LogP contribution in [0.4, 0.5) is 14.5 Å². The summed E-state index contributed by atoms with van der Waals surface area (Å²) in [5.74, 6) is -3.92. The van der Waals surface area contributed by atoms with Crippen LogP contribution in [-0.2, 0) is 9.53 Å². The second kappa shape index (κ2) is 9.03. The number of amides is 1. The summed E-state index contributed by atoms with van der Waals surface area (Å²) in [6.45, 7) is -0.548. The number of halogens is 4. The van der Waals surface area contributed by atoms with Crippen molar-refractivity contribution in [3.05, 3.63) is 58.1 Å². The van der Waals surface area contributed by atoms with Gasteiger partial charge in [0.1, 0.15) is 0 Å². The van der Waals surface area contributed by atoms with E-state index in [1.165, 1.54) is 24.3 Å². The van der Waals surface area contributed by atoms with Crippen LogP contribution in [0.15, 0.2) is 47.4 Å². The number of carbonyl (C=O) groups is 2. The van der Waals surface area contributed by atoms with Crippen molar-refractivity contribution in [2.45, 2.75) is 10.7 Å². The number of hydrogen-bond donors (Lipinski definition) is 1. The second-order valence-corrected chi connectivity index (χ2v) is 6.50. The lowest BCUT2D eigenvalue weighted by Gasteiger charge is -2.09. The van der Waals surface area contributed by atoms with Crippen LogP contribution < -0.4 is 5.32 Å². The Balaban J connectivity index is 1.90. The topological polar surface area (TPSA) is 55.4 Å². The van der Waals surface area contributed by atoms with Crippen LogP contribution in [-0.4, -0.2) is 24.2 Å². The fourth-order valence-electron chi connectivity index (χ4n) is 1.78. The maximum absolute atomic E-state index is 12.2. The largest absolute Gasteiger partial charge is 0.452 e. The lowest BCUT2D eigenvalue weighted by molar-refractivity contribution is -0.119. The van der Waals surface area contributed by atoms with Gasteiger partial charge in [-0.2, -0.15) is 8.78 Å². The molecule has 2 aromatic rings. The molecule has 0 saturated heterocycles. The summed E-state index contributed by atoms with van der Waals surface area (Å²) >= 11 is 12.2. The monoisotopic (exact) mass is 405 g/mol. The van der Waals surface area contributed by atoms with Gasteiger partial charge >= 0.3 is 5.97 Å². The summed E-state index contributed by atoms with van der Waals surface area (Å²) in [5.41, 5.74) is 0.363. The highest BCUT2D eigenvalue weighted by Crippen LogP contribution is 2.29. The maximum Gasteiger partial charge on any atom is 0.338 e. The molecule has 0 radical (unpaired) electrons. The first-order chi connectivity index (χ1) is 11.9. The minimum atomic E-state index is -2.54. The van der Waals surface area contributed by atoms with Crippen molar-refractivity contribution < 1.29 is 23.1 Å². The van der Waals surface area contributed by atoms with Crippen molar-refractivity contribution in [3.8, 4) is 0 Å². The Morgan fingerprint density at radius 1 is 1.08 bits per heavy atom. The standard InChI is InChI=1S/C16H11Cl2F2NO3S/c17-11-2-1-3-12(18)14(11)21-13(22)8-24-15(23)9-4-6-10(7-5-9)25-16(19)20/h1-7,16H,8H2,(H,21,22). The SMILES string of the molecule is O=C(COC(=O)c1ccc(SC(F)F)cc1)Nc1c(Cl)cccc1Cl. The molecule has 1 amide bonds. The zero-order valence-corrected chi connectivity index (χ0v) is 14.8. The predicted molar refractivity (Wildman–Crippen MR) is 93.7 cm³/mol. The first kappa shape index (κ1) is 19.5. The van der Waals surface area contributed by atoms with E-state index in [1.54, 1.807) is 18.2 Å². The fourth-order valence-corrected chi connectivity index (χ4v) is 2.77. The smallest absolute Gasteiger partial charge is 0.338 e. The van der Waals surface area contributed by atoms with Crippen molar-refractivity contribution in [1.82, 2.24) is 0 Å². The molecule has 0 spiro atoms. The molecule has 1 N–H and O–H groups in total. The summed E-state index contributed by atoms with van der Waals surface area (Å²) in [6, 6.07) is 10.2. The molecule has 0 aliphatic heterocycles. The number of para-hydroxylation sites is 1. The van der Waals surface area contributed by atoms with Gasteiger partial charge < -0.3 is 10.1 Å². The van der Waals surface area contributed by atoms with Gasteiger partial charge in [0, 0.05) is 4.90 Å². The van der Waals surface area contributed by atoms with Gasteiger partial charge in [0.15, 0.2) is 6.61 Å². The summed E-state index contributed by atoms with van der Waals surface area (Å²) in [4.78, 5) is 24.0. The van der Waals surface area contributed by atoms with E-state index in [0.717, 1.165) is 0 Å². The Bertz CT molecular complexity index is 752. The zero-order chi connectivity index (χ0) is 18.4. The molecule has 25 heavy (non-hydrogen) atoms. The normalized spacial score (nSPS) is 10.6. The molecule has 2 rings (SSSR count). The molecular weight excluding hydrogens is 395 g/mol. The number of benzene rings is 2. The molecule has 0 unspecified atom stereocenters. The molecule has 0 aliphatic carbocycles. The number of carbonyl (C=O) groups excluding carboxylic acids is 2. The molecule has 132 valence electrons. The third kappa shape index (κ3) is 5.88. The maximum atomic E-state index is 12.2. The molecule has 0 fully saturated rings. The van der Waals surface area contributed by atoms with Gasteiger partial charge in [0.25, 0.3) is 11.7 Å². The molecular formula is C16H11Cl2F2NO3S. The van der Waals surface area contributed by atoms with Crippen LogP contribution in [0.25, 0.3) is 0 Å². The van der Waals surface area contributed by atoms with E-state index in [2.05, 4.69) is 5.32 Å². The minimum absolute atomic E-state index is 0.141. The zero-order valence-electron chi connectivity index (χ0n) is 12.5. The Morgan fingerprint density at radius 2 is 1.68 bits per heavy atom. The molecule has 0 saturated carbocycles. The number of thioether (sulfide) groups is 1. The van der Waals surface area contributed by atoms with E-state index in [9.17, 15) is 18.4 Å². The Labute approximate surface area is 156 Å². The summed E-state index contributed by atoms with van der Waals surface area (Å²) in [6.07, 6.45) is 0. The quantitative estimate of drug-likeness (QED) is 0.536. The molecule has 0 bridgehead atoms. The molecule has 0 aromatic heterocycles. The second-order valence-electron chi connectivity index (χ2n) is 4.62. The van der Waals surface area contributed by atoms with E-state index < -0.39 is 24.2 Å². The lowest BCUT2D eigenvalue weighted by atomic mass is 10.2. The van der Waals surface area contributed by atoms with Gasteiger partial charge in [-0.3, -0.25) is 4.79 Å². The number of rotatable bonds is 6. The van der Waals surface area contributed by atoms with Gasteiger partial charge in [-0.15, -0.1) is 0 Å². The van der Waals surface area contributed by atoms with Crippen molar-refractivity contribution >= 4 is 52.5 Å². The molecule has 0 aliphatic rings. The number of anilines is 1. The summed E-state index contributed by atoms with van der Waals surface area (Å²) in [5, 5.41) is 2.95. The van der Waals surface area contributed by atoms with E-state index >= 15 is 0 Å². The summed E-state index contributed by atoms with van der Waals surface area (Å²) < 4.78 is 29.3. The Hall–Kier alpha value is -1.83. The van der Waals surface area contributed by atoms with Crippen LogP contribution in [0, 0.1) is 0 Å². The molecule has 4 nitrogen and oxygen atoms in total. The summed E-state index contributed by atoms with van der Waals surface area (Å²) in [7, 11) is 0. The average Bonchev–Trinajstić information content (AvgIpc) is 2.56. The third-order valence-corrected chi connectivity index (χ3v) is 4.23. The van der Waals surface area contributed by atoms with E-state index in [-0.39, 0.29) is 21.3 Å². The highest BCUT2D eigenvalue weighted by molar-refractivity contribution is 7.99. The van der Waals surface area contributed by atoms with Crippen LogP contribution in [0.1, 0.15) is 10.4 Å². The van der Waals surface area contributed by atoms with Crippen molar-refractivity contribution in [3.63, 3.8) is 0 Å². The van der Waals surface area contributed by atoms with E-state index in [4.69, 9.17) is 27.9 Å². The fraction of sp³-hybridized carbons (Fsp3) is 0.125. The van der Waals surface area contributed by atoms with Gasteiger partial charge in [-0.25, -0.2) is 4.79 Å². The Morgan fingerprint density at radius 3 is 2.24 bits per heavy atom. The van der Waals surface area contributed by atoms with Crippen LogP contribution in [0.5, 0.6) is 0 Å². The predicted octanol–water partition coefficient (Wildman–Crippen LogP) is 5.10. The number of hydrogen-bond acceptors (Lipinski definition) is 4. The van der Waals surface area contributed by atoms with Crippen LogP contribution in [0.2, 0.25) is 10.0 Å². The molecule has 0 heterocycles. The first-order valence-electron chi connectivity index (χ1n) is 6.82. The number of nitrogens with one attached hydrogen (secondary N) is 1. The van der Waals surface area contributed by atoms with Crippen LogP contribution in [0.3, 0.4) is 0 Å². The third-order valence-electron chi connectivity index (χ3n) is 2.88. The molecule has 9 heteroatoms. The van der Waals surface area contributed by atoms with Gasteiger partial charge in [-0.05, 0) is 36.4 Å². The van der Waals surface area contributed by atoms with Crippen molar-refractivity contribution in [1.29, 1.82) is 0 Å². The van der Waals surface area contributed by atoms with Gasteiger partial charge in [-0.1, -0.05) is 41.0 Å². The van der Waals surface area contributed by atoms with Gasteiger partial charge in [0.05, 0.1) is 21.3 Å². The first-order valence-corrected chi connectivity index (χ1v) is 8.46. The van der Waals surface area contributed by atoms with Crippen molar-refractivity contribution in [2.24, 2.45) is 0 Å². The number of ether oxygens (including phenoxy) is 1. The molecule has 2 aromatic carbocycles. The lowest BCUT2D eigenvalue weighted by Crippen LogP contribution is -2.21. The Kier molecular flexibility index (Phi) is 7.04. The van der Waals surface area contributed by atoms with Gasteiger partial charge in [0.2, 0.25) is 0 Å². The average molecular weight is 406 g/mol. The number of alkyl halides is 2. The number of esters is 1. The highest BCUT2D eigenvalue weighted by Gasteiger charge is 2.14. The molecule has 0 atom stereocenters. The van der Waals surface area contributed by atoms with E-state index in [0.29, 0.717) is 16.7 Å². The van der Waals surface area contributed by atoms with Crippen LogP contribution >= 0.6 is 35.0 Å². The highest BCUT2D eigenvalue weighted by atomic mass is 35.5.